The van der Waals surface area contributed by atoms with Crippen LogP contribution in [0.3, 0.4) is 0 Å². The Morgan fingerprint density at radius 3 is 1.89 bits per heavy atom. The zero-order chi connectivity index (χ0) is 24.5. The smallest absolute Gasteiger partial charge is 0.341 e. The number of aromatic nitrogens is 3. The summed E-state index contributed by atoms with van der Waals surface area (Å²) in [6, 6.07) is 26.6. The standard InChI is InChI=1S/C27H23N5O3/c1-30(2)19-15-13-18(14-16-19)28-22-17-23(33)29-25-24(22)26(34)32(21-11-7-4-8-12-21)27(35)31(25)20-9-5-3-6-10-20/h3-17H,1-2H3,(H2,28,29,33). The summed E-state index contributed by atoms with van der Waals surface area (Å²) in [5, 5.41) is 3.39. The van der Waals surface area contributed by atoms with E-state index in [1.807, 2.05) is 55.4 Å². The number of hydrogen-bond donors (Lipinski definition) is 2. The molecular weight excluding hydrogens is 442 g/mol. The maximum Gasteiger partial charge on any atom is 0.341 e. The lowest BCUT2D eigenvalue weighted by atomic mass is 10.2. The van der Waals surface area contributed by atoms with Crippen LogP contribution in [-0.2, 0) is 0 Å². The number of pyridine rings is 1. The lowest BCUT2D eigenvalue weighted by Gasteiger charge is -2.17. The molecule has 0 aliphatic heterocycles. The van der Waals surface area contributed by atoms with Gasteiger partial charge in [-0.3, -0.25) is 9.59 Å². The van der Waals surface area contributed by atoms with E-state index in [0.717, 1.165) is 10.3 Å². The fraction of sp³-hybridized carbons (Fsp3) is 0.0741. The Bertz CT molecular complexity index is 1680. The van der Waals surface area contributed by atoms with Crippen molar-refractivity contribution in [2.24, 2.45) is 0 Å². The molecule has 0 saturated heterocycles. The van der Waals surface area contributed by atoms with E-state index in [9.17, 15) is 14.4 Å². The number of anilines is 3. The Kier molecular flexibility index (Phi) is 5.54. The molecule has 8 heteroatoms. The maximum absolute atomic E-state index is 13.8. The van der Waals surface area contributed by atoms with Gasteiger partial charge in [-0.15, -0.1) is 0 Å². The lowest BCUT2D eigenvalue weighted by molar-refractivity contribution is 0.825. The number of nitrogens with zero attached hydrogens (tertiary/aromatic N) is 3. The van der Waals surface area contributed by atoms with E-state index < -0.39 is 16.8 Å². The molecule has 3 aromatic carbocycles. The Labute approximate surface area is 200 Å². The summed E-state index contributed by atoms with van der Waals surface area (Å²) in [6.07, 6.45) is 0. The highest BCUT2D eigenvalue weighted by Gasteiger charge is 2.20. The SMILES string of the molecule is CN(C)c1ccc(Nc2cc(=O)[nH]c3c2c(=O)n(-c2ccccc2)c(=O)n3-c2ccccc2)cc1. The van der Waals surface area contributed by atoms with Crippen LogP contribution < -0.4 is 27.0 Å². The van der Waals surface area contributed by atoms with E-state index in [0.29, 0.717) is 22.7 Å². The Hall–Kier alpha value is -4.85. The number of fused-ring (bicyclic) bond motifs is 1. The van der Waals surface area contributed by atoms with Crippen LogP contribution in [0.2, 0.25) is 0 Å². The van der Waals surface area contributed by atoms with E-state index in [1.165, 1.54) is 10.6 Å². The molecule has 0 amide bonds. The Balaban J connectivity index is 1.84. The first-order valence-corrected chi connectivity index (χ1v) is 11.0. The van der Waals surface area contributed by atoms with Crippen LogP contribution in [0.4, 0.5) is 17.1 Å². The van der Waals surface area contributed by atoms with Crippen molar-refractivity contribution in [3.8, 4) is 11.4 Å². The molecule has 2 heterocycles. The molecule has 0 aliphatic carbocycles. The summed E-state index contributed by atoms with van der Waals surface area (Å²) in [5.41, 5.74) is 1.54. The monoisotopic (exact) mass is 465 g/mol. The number of hydrogen-bond acceptors (Lipinski definition) is 5. The second-order valence-corrected chi connectivity index (χ2v) is 8.27. The molecule has 0 spiro atoms. The van der Waals surface area contributed by atoms with Crippen molar-refractivity contribution in [1.29, 1.82) is 0 Å². The van der Waals surface area contributed by atoms with Crippen LogP contribution in [0.15, 0.2) is 105 Å². The molecular formula is C27H23N5O3. The molecule has 0 unspecified atom stereocenters. The van der Waals surface area contributed by atoms with Crippen LogP contribution >= 0.6 is 0 Å². The van der Waals surface area contributed by atoms with Gasteiger partial charge in [0.2, 0.25) is 0 Å². The van der Waals surface area contributed by atoms with Gasteiger partial charge in [0.25, 0.3) is 11.1 Å². The van der Waals surface area contributed by atoms with E-state index in [1.54, 1.807) is 48.5 Å². The molecule has 2 aromatic heterocycles. The third-order valence-electron chi connectivity index (χ3n) is 5.74. The number of aromatic amines is 1. The van der Waals surface area contributed by atoms with Gasteiger partial charge in [-0.2, -0.15) is 0 Å². The van der Waals surface area contributed by atoms with Crippen molar-refractivity contribution in [1.82, 2.24) is 14.1 Å². The van der Waals surface area contributed by atoms with E-state index in [2.05, 4.69) is 10.3 Å². The molecule has 0 atom stereocenters. The summed E-state index contributed by atoms with van der Waals surface area (Å²) in [4.78, 5) is 44.8. The summed E-state index contributed by atoms with van der Waals surface area (Å²) in [7, 11) is 3.89. The van der Waals surface area contributed by atoms with Gasteiger partial charge in [0, 0.05) is 31.5 Å². The van der Waals surface area contributed by atoms with Gasteiger partial charge >= 0.3 is 5.69 Å². The molecule has 35 heavy (non-hydrogen) atoms. The molecule has 0 radical (unpaired) electrons. The van der Waals surface area contributed by atoms with Crippen LogP contribution in [0.5, 0.6) is 0 Å². The molecule has 0 saturated carbocycles. The van der Waals surface area contributed by atoms with E-state index in [4.69, 9.17) is 0 Å². The predicted octanol–water partition coefficient (Wildman–Crippen LogP) is 3.64. The zero-order valence-electron chi connectivity index (χ0n) is 19.2. The number of nitrogens with one attached hydrogen (secondary N) is 2. The maximum atomic E-state index is 13.8. The van der Waals surface area contributed by atoms with Gasteiger partial charge in [0.15, 0.2) is 0 Å². The van der Waals surface area contributed by atoms with Gasteiger partial charge in [0.05, 0.1) is 17.1 Å². The number of rotatable bonds is 5. The third kappa shape index (κ3) is 4.02. The third-order valence-corrected chi connectivity index (χ3v) is 5.74. The molecule has 5 rings (SSSR count). The number of H-pyrrole nitrogens is 1. The van der Waals surface area contributed by atoms with Gasteiger partial charge < -0.3 is 15.2 Å². The minimum Gasteiger partial charge on any atom is -0.378 e. The summed E-state index contributed by atoms with van der Waals surface area (Å²) >= 11 is 0. The van der Waals surface area contributed by atoms with Crippen molar-refractivity contribution in [2.75, 3.05) is 24.3 Å². The molecule has 0 bridgehead atoms. The minimum atomic E-state index is -0.581. The second-order valence-electron chi connectivity index (χ2n) is 8.27. The van der Waals surface area contributed by atoms with Crippen LogP contribution in [0.25, 0.3) is 22.4 Å². The molecule has 5 aromatic rings. The highest BCUT2D eigenvalue weighted by molar-refractivity contribution is 5.91. The summed E-state index contributed by atoms with van der Waals surface area (Å²) in [5.74, 6) is 0. The topological polar surface area (TPSA) is 92.1 Å². The second kappa shape index (κ2) is 8.83. The fourth-order valence-electron chi connectivity index (χ4n) is 4.04. The molecule has 174 valence electrons. The molecule has 8 nitrogen and oxygen atoms in total. The van der Waals surface area contributed by atoms with Crippen LogP contribution in [0.1, 0.15) is 0 Å². The van der Waals surface area contributed by atoms with Crippen molar-refractivity contribution >= 4 is 28.1 Å². The van der Waals surface area contributed by atoms with Gasteiger partial charge in [0.1, 0.15) is 11.0 Å². The number of para-hydroxylation sites is 2. The van der Waals surface area contributed by atoms with Crippen molar-refractivity contribution in [3.63, 3.8) is 0 Å². The summed E-state index contributed by atoms with van der Waals surface area (Å²) < 4.78 is 2.47. The first-order chi connectivity index (χ1) is 16.9. The normalized spacial score (nSPS) is 10.9. The van der Waals surface area contributed by atoms with Gasteiger partial charge in [-0.05, 0) is 48.5 Å². The highest BCUT2D eigenvalue weighted by atomic mass is 16.2. The van der Waals surface area contributed by atoms with Crippen molar-refractivity contribution in [3.05, 3.63) is 122 Å². The molecule has 2 N–H and O–H groups in total. The van der Waals surface area contributed by atoms with Crippen LogP contribution in [0, 0.1) is 0 Å². The van der Waals surface area contributed by atoms with Crippen molar-refractivity contribution < 1.29 is 0 Å². The first kappa shape index (κ1) is 22.0. The van der Waals surface area contributed by atoms with E-state index in [-0.39, 0.29) is 11.0 Å². The number of benzene rings is 3. The van der Waals surface area contributed by atoms with E-state index >= 15 is 0 Å². The zero-order valence-corrected chi connectivity index (χ0v) is 19.2. The quantitative estimate of drug-likeness (QED) is 0.414. The predicted molar refractivity (Wildman–Crippen MR) is 140 cm³/mol. The molecule has 0 fully saturated rings. The lowest BCUT2D eigenvalue weighted by Crippen LogP contribution is -2.39. The highest BCUT2D eigenvalue weighted by Crippen LogP contribution is 2.24. The van der Waals surface area contributed by atoms with Crippen molar-refractivity contribution in [2.45, 2.75) is 0 Å². The average molecular weight is 466 g/mol. The minimum absolute atomic E-state index is 0.123. The van der Waals surface area contributed by atoms with Gasteiger partial charge in [-0.1, -0.05) is 36.4 Å². The average Bonchev–Trinajstić information content (AvgIpc) is 2.85. The van der Waals surface area contributed by atoms with Crippen LogP contribution in [-0.4, -0.2) is 28.2 Å². The first-order valence-electron chi connectivity index (χ1n) is 11.0. The molecule has 0 aliphatic rings. The Morgan fingerprint density at radius 1 is 0.743 bits per heavy atom. The largest absolute Gasteiger partial charge is 0.378 e. The Morgan fingerprint density at radius 2 is 1.31 bits per heavy atom. The fourth-order valence-corrected chi connectivity index (χ4v) is 4.04. The van der Waals surface area contributed by atoms with Gasteiger partial charge in [-0.25, -0.2) is 13.9 Å². The summed E-state index contributed by atoms with van der Waals surface area (Å²) in [6.45, 7) is 0.